The zero-order valence-corrected chi connectivity index (χ0v) is 11.7. The highest BCUT2D eigenvalue weighted by atomic mass is 35.5. The van der Waals surface area contributed by atoms with Crippen LogP contribution in [0, 0.1) is 0 Å². The fourth-order valence-electron chi connectivity index (χ4n) is 1.76. The van der Waals surface area contributed by atoms with Crippen molar-refractivity contribution in [3.63, 3.8) is 0 Å². The van der Waals surface area contributed by atoms with Gasteiger partial charge in [0.25, 0.3) is 0 Å². The fourth-order valence-corrected chi connectivity index (χ4v) is 1.93. The highest BCUT2D eigenvalue weighted by molar-refractivity contribution is 6.31. The lowest BCUT2D eigenvalue weighted by Crippen LogP contribution is -2.14. The maximum Gasteiger partial charge on any atom is 0.184 e. The van der Waals surface area contributed by atoms with Crippen LogP contribution in [0.3, 0.4) is 0 Å². The van der Waals surface area contributed by atoms with Crippen LogP contribution in [0.5, 0.6) is 0 Å². The molecule has 0 unspecified atom stereocenters. The predicted octanol–water partition coefficient (Wildman–Crippen LogP) is 2.47. The first kappa shape index (κ1) is 13.6. The van der Waals surface area contributed by atoms with Crippen LogP contribution in [-0.4, -0.2) is 20.8 Å². The molecule has 0 fully saturated rings. The molecule has 8 heteroatoms. The van der Waals surface area contributed by atoms with Crippen molar-refractivity contribution >= 4 is 47.0 Å². The van der Waals surface area contributed by atoms with E-state index in [1.807, 2.05) is 13.0 Å². The summed E-state index contributed by atoms with van der Waals surface area (Å²) in [6, 6.07) is 5.37. The Kier molecular flexibility index (Phi) is 3.64. The van der Waals surface area contributed by atoms with Gasteiger partial charge in [-0.05, 0) is 25.1 Å². The van der Waals surface area contributed by atoms with E-state index >= 15 is 0 Å². The topological polar surface area (TPSA) is 81.1 Å². The Morgan fingerprint density at radius 1 is 1.37 bits per heavy atom. The van der Waals surface area contributed by atoms with E-state index in [-0.39, 0.29) is 12.4 Å². The van der Waals surface area contributed by atoms with Gasteiger partial charge in [-0.25, -0.2) is 4.99 Å². The first-order valence-corrected chi connectivity index (χ1v) is 5.91. The lowest BCUT2D eigenvalue weighted by atomic mass is 10.2. The third-order valence-corrected chi connectivity index (χ3v) is 2.87. The Morgan fingerprint density at radius 2 is 2.16 bits per heavy atom. The molecule has 6 nitrogen and oxygen atoms in total. The van der Waals surface area contributed by atoms with Crippen molar-refractivity contribution in [3.05, 3.63) is 28.9 Å². The Morgan fingerprint density at radius 3 is 2.89 bits per heavy atom. The van der Waals surface area contributed by atoms with E-state index in [1.54, 1.807) is 16.9 Å². The highest BCUT2D eigenvalue weighted by Gasteiger charge is 2.19. The standard InChI is InChI=1S/C11H11ClN6.ClH/c1-2-18-16-9-10(13)14-8-5-6(12)3-4-7(8)15-11(9)17-18;/h3-5H,2H2,1H3,(H2,13,14)(H,15,17);1H. The predicted molar refractivity (Wildman–Crippen MR) is 78.1 cm³/mol. The molecule has 3 N–H and O–H groups in total. The molecule has 0 saturated heterocycles. The van der Waals surface area contributed by atoms with Gasteiger partial charge in [0.2, 0.25) is 0 Å². The number of aliphatic imine (C=N–C) groups is 1. The van der Waals surface area contributed by atoms with Crippen molar-refractivity contribution in [1.29, 1.82) is 0 Å². The summed E-state index contributed by atoms with van der Waals surface area (Å²) < 4.78 is 0. The second-order valence-electron chi connectivity index (χ2n) is 3.87. The summed E-state index contributed by atoms with van der Waals surface area (Å²) in [7, 11) is 0. The molecule has 0 bridgehead atoms. The van der Waals surface area contributed by atoms with E-state index in [0.29, 0.717) is 34.6 Å². The number of hydrogen-bond acceptors (Lipinski definition) is 5. The number of amidine groups is 1. The largest absolute Gasteiger partial charge is 0.382 e. The normalized spacial score (nSPS) is 12.4. The monoisotopic (exact) mass is 298 g/mol. The number of nitrogens with one attached hydrogen (secondary N) is 1. The van der Waals surface area contributed by atoms with Gasteiger partial charge in [0.05, 0.1) is 17.9 Å². The minimum atomic E-state index is 0. The molecule has 0 amide bonds. The smallest absolute Gasteiger partial charge is 0.184 e. The number of nitrogens with two attached hydrogens (primary N) is 1. The van der Waals surface area contributed by atoms with Gasteiger partial charge in [-0.2, -0.15) is 4.80 Å². The molecule has 1 aliphatic rings. The number of halogens is 2. The van der Waals surface area contributed by atoms with Crippen LogP contribution in [0.15, 0.2) is 23.2 Å². The zero-order valence-electron chi connectivity index (χ0n) is 10.1. The Labute approximate surface area is 121 Å². The Bertz CT molecular complexity index is 649. The van der Waals surface area contributed by atoms with Crippen LogP contribution in [-0.2, 0) is 6.54 Å². The van der Waals surface area contributed by atoms with Crippen LogP contribution in [0.25, 0.3) is 0 Å². The number of aryl methyl sites for hydroxylation is 1. The summed E-state index contributed by atoms with van der Waals surface area (Å²) in [6.45, 7) is 2.63. The second kappa shape index (κ2) is 5.07. The molecule has 2 aromatic rings. The summed E-state index contributed by atoms with van der Waals surface area (Å²) in [6.07, 6.45) is 0. The number of hydrogen-bond donors (Lipinski definition) is 2. The lowest BCUT2D eigenvalue weighted by molar-refractivity contribution is 0.570. The van der Waals surface area contributed by atoms with Gasteiger partial charge in [0, 0.05) is 5.02 Å². The fraction of sp³-hybridized carbons (Fsp3) is 0.182. The second-order valence-corrected chi connectivity index (χ2v) is 4.31. The number of anilines is 2. The third kappa shape index (κ3) is 2.36. The number of rotatable bonds is 1. The summed E-state index contributed by atoms with van der Waals surface area (Å²) in [5.41, 5.74) is 7.98. The van der Waals surface area contributed by atoms with Gasteiger partial charge in [0.15, 0.2) is 17.3 Å². The van der Waals surface area contributed by atoms with Crippen molar-refractivity contribution in [2.45, 2.75) is 13.5 Å². The van der Waals surface area contributed by atoms with E-state index in [0.717, 1.165) is 5.69 Å². The van der Waals surface area contributed by atoms with Gasteiger partial charge < -0.3 is 11.1 Å². The molecule has 1 aromatic carbocycles. The van der Waals surface area contributed by atoms with Crippen molar-refractivity contribution in [3.8, 4) is 0 Å². The molecule has 19 heavy (non-hydrogen) atoms. The molecule has 0 spiro atoms. The summed E-state index contributed by atoms with van der Waals surface area (Å²) >= 11 is 5.94. The Balaban J connectivity index is 0.00000133. The van der Waals surface area contributed by atoms with Crippen molar-refractivity contribution in [1.82, 2.24) is 15.0 Å². The molecule has 0 saturated carbocycles. The first-order valence-electron chi connectivity index (χ1n) is 5.53. The van der Waals surface area contributed by atoms with Gasteiger partial charge in [0.1, 0.15) is 0 Å². The zero-order chi connectivity index (χ0) is 12.7. The van der Waals surface area contributed by atoms with Gasteiger partial charge >= 0.3 is 0 Å². The van der Waals surface area contributed by atoms with E-state index in [2.05, 4.69) is 20.5 Å². The Hall–Kier alpha value is -1.79. The summed E-state index contributed by atoms with van der Waals surface area (Å²) in [5.74, 6) is 0.942. The maximum absolute atomic E-state index is 5.94. The summed E-state index contributed by atoms with van der Waals surface area (Å²) in [5, 5.41) is 12.3. The van der Waals surface area contributed by atoms with Gasteiger partial charge in [-0.15, -0.1) is 22.6 Å². The molecule has 0 aliphatic carbocycles. The summed E-state index contributed by atoms with van der Waals surface area (Å²) in [4.78, 5) is 5.89. The van der Waals surface area contributed by atoms with E-state index in [1.165, 1.54) is 0 Å². The molecule has 1 aromatic heterocycles. The number of fused-ring (bicyclic) bond motifs is 2. The quantitative estimate of drug-likeness (QED) is 0.847. The average molecular weight is 299 g/mol. The van der Waals surface area contributed by atoms with Crippen LogP contribution in [0.2, 0.25) is 5.02 Å². The molecular formula is C11H12Cl2N6. The molecule has 3 rings (SSSR count). The third-order valence-electron chi connectivity index (χ3n) is 2.63. The molecule has 0 atom stereocenters. The molecule has 1 aliphatic heterocycles. The van der Waals surface area contributed by atoms with Gasteiger partial charge in [-0.1, -0.05) is 11.6 Å². The maximum atomic E-state index is 5.94. The van der Waals surface area contributed by atoms with E-state index in [4.69, 9.17) is 17.3 Å². The van der Waals surface area contributed by atoms with Crippen molar-refractivity contribution in [2.24, 2.45) is 10.7 Å². The van der Waals surface area contributed by atoms with Crippen LogP contribution in [0.4, 0.5) is 17.2 Å². The first-order chi connectivity index (χ1) is 8.67. The van der Waals surface area contributed by atoms with E-state index in [9.17, 15) is 0 Å². The van der Waals surface area contributed by atoms with Crippen molar-refractivity contribution < 1.29 is 0 Å². The molecular weight excluding hydrogens is 287 g/mol. The van der Waals surface area contributed by atoms with Crippen LogP contribution in [0.1, 0.15) is 12.6 Å². The lowest BCUT2D eigenvalue weighted by Gasteiger charge is -2.04. The minimum absolute atomic E-state index is 0. The minimum Gasteiger partial charge on any atom is -0.382 e. The van der Waals surface area contributed by atoms with Crippen molar-refractivity contribution in [2.75, 3.05) is 5.32 Å². The van der Waals surface area contributed by atoms with E-state index < -0.39 is 0 Å². The average Bonchev–Trinajstić information content (AvgIpc) is 2.71. The SMILES string of the molecule is CCn1nc2c(n1)C(N)=Nc1cc(Cl)ccc1N2.Cl. The van der Waals surface area contributed by atoms with Crippen LogP contribution >= 0.6 is 24.0 Å². The number of benzene rings is 1. The number of nitrogens with zero attached hydrogens (tertiary/aromatic N) is 4. The number of aromatic nitrogens is 3. The molecule has 2 heterocycles. The highest BCUT2D eigenvalue weighted by Crippen LogP contribution is 2.33. The molecule has 0 radical (unpaired) electrons. The van der Waals surface area contributed by atoms with Gasteiger partial charge in [-0.3, -0.25) is 0 Å². The van der Waals surface area contributed by atoms with Crippen LogP contribution < -0.4 is 11.1 Å². The molecule has 100 valence electrons.